The summed E-state index contributed by atoms with van der Waals surface area (Å²) in [5.74, 6) is 0.353. The van der Waals surface area contributed by atoms with Gasteiger partial charge in [0.05, 0.1) is 6.61 Å². The third-order valence-electron chi connectivity index (χ3n) is 5.65. The maximum Gasteiger partial charge on any atom is 0.160 e. The normalized spacial score (nSPS) is 45.5. The summed E-state index contributed by atoms with van der Waals surface area (Å²) in [6, 6.07) is 0. The number of hydrogen-bond acceptors (Lipinski definition) is 1. The van der Waals surface area contributed by atoms with Crippen molar-refractivity contribution in [3.8, 4) is 0 Å². The highest BCUT2D eigenvalue weighted by molar-refractivity contribution is 5.25. The van der Waals surface area contributed by atoms with Gasteiger partial charge in [-0.15, -0.1) is 0 Å². The van der Waals surface area contributed by atoms with E-state index in [2.05, 4.69) is 20.4 Å². The van der Waals surface area contributed by atoms with Crippen molar-refractivity contribution in [1.82, 2.24) is 0 Å². The molecule has 0 aromatic carbocycles. The summed E-state index contributed by atoms with van der Waals surface area (Å²) in [5.41, 5.74) is -1.22. The number of alkyl halides is 1. The van der Waals surface area contributed by atoms with Crippen LogP contribution in [-0.2, 0) is 0 Å². The maximum atomic E-state index is 15.2. The second-order valence-corrected chi connectivity index (χ2v) is 6.91. The molecule has 0 aliphatic heterocycles. The van der Waals surface area contributed by atoms with Crippen LogP contribution in [0.5, 0.6) is 0 Å². The Labute approximate surface area is 104 Å². The van der Waals surface area contributed by atoms with Crippen LogP contribution in [0.15, 0.2) is 12.2 Å². The fourth-order valence-corrected chi connectivity index (χ4v) is 4.52. The summed E-state index contributed by atoms with van der Waals surface area (Å²) in [6.07, 6.45) is 4.84. The third kappa shape index (κ3) is 1.60. The Morgan fingerprint density at radius 3 is 2.59 bits per heavy atom. The summed E-state index contributed by atoms with van der Waals surface area (Å²) in [5, 5.41) is 9.56. The van der Waals surface area contributed by atoms with Crippen molar-refractivity contribution in [2.24, 2.45) is 16.7 Å². The molecular weight excluding hydrogens is 215 g/mol. The van der Waals surface area contributed by atoms with Gasteiger partial charge in [-0.2, -0.15) is 0 Å². The molecule has 0 radical (unpaired) electrons. The summed E-state index contributed by atoms with van der Waals surface area (Å²) in [6.45, 7) is 10.0. The number of hydrogen-bond donors (Lipinski definition) is 1. The standard InChI is InChI=1S/C15H25FO/c1-11-6-7-12-13(2,3)8-5-9-14(12,4)15(11,16)10-17/h12,17H,1,5-10H2,2-4H3/t12-,14-,15+/m0/s1. The highest BCUT2D eigenvalue weighted by Crippen LogP contribution is 2.63. The van der Waals surface area contributed by atoms with Gasteiger partial charge in [-0.3, -0.25) is 0 Å². The maximum absolute atomic E-state index is 15.2. The lowest BCUT2D eigenvalue weighted by molar-refractivity contribution is -0.132. The van der Waals surface area contributed by atoms with E-state index < -0.39 is 17.7 Å². The van der Waals surface area contributed by atoms with Gasteiger partial charge in [-0.05, 0) is 42.6 Å². The smallest absolute Gasteiger partial charge is 0.160 e. The first kappa shape index (κ1) is 13.1. The molecule has 2 saturated carbocycles. The third-order valence-corrected chi connectivity index (χ3v) is 5.65. The van der Waals surface area contributed by atoms with Crippen molar-refractivity contribution < 1.29 is 9.50 Å². The zero-order valence-electron chi connectivity index (χ0n) is 11.4. The van der Waals surface area contributed by atoms with E-state index >= 15 is 4.39 Å². The Kier molecular flexibility index (Phi) is 2.93. The van der Waals surface area contributed by atoms with Crippen LogP contribution in [0.25, 0.3) is 0 Å². The van der Waals surface area contributed by atoms with Crippen molar-refractivity contribution in [1.29, 1.82) is 0 Å². The summed E-state index contributed by atoms with van der Waals surface area (Å²) >= 11 is 0. The molecule has 2 fully saturated rings. The van der Waals surface area contributed by atoms with Crippen LogP contribution in [0.2, 0.25) is 0 Å². The van der Waals surface area contributed by atoms with Gasteiger partial charge < -0.3 is 5.11 Å². The summed E-state index contributed by atoms with van der Waals surface area (Å²) < 4.78 is 15.2. The molecule has 0 spiro atoms. The molecule has 1 nitrogen and oxygen atoms in total. The Hall–Kier alpha value is -0.370. The van der Waals surface area contributed by atoms with E-state index in [1.165, 1.54) is 6.42 Å². The van der Waals surface area contributed by atoms with Gasteiger partial charge >= 0.3 is 0 Å². The van der Waals surface area contributed by atoms with Crippen molar-refractivity contribution >= 4 is 0 Å². The summed E-state index contributed by atoms with van der Waals surface area (Å²) in [4.78, 5) is 0. The van der Waals surface area contributed by atoms with Crippen LogP contribution in [0.4, 0.5) is 4.39 Å². The van der Waals surface area contributed by atoms with Crippen LogP contribution in [-0.4, -0.2) is 17.4 Å². The minimum atomic E-state index is -1.58. The molecule has 17 heavy (non-hydrogen) atoms. The monoisotopic (exact) mass is 240 g/mol. The Morgan fingerprint density at radius 2 is 2.00 bits per heavy atom. The SMILES string of the molecule is C=C1CC[C@H]2C(C)(C)CCC[C@]2(C)[C@@]1(F)CO. The molecule has 0 bridgehead atoms. The van der Waals surface area contributed by atoms with Crippen LogP contribution in [0, 0.1) is 16.7 Å². The van der Waals surface area contributed by atoms with Crippen LogP contribution >= 0.6 is 0 Å². The molecule has 98 valence electrons. The lowest BCUT2D eigenvalue weighted by Gasteiger charge is -2.59. The molecule has 2 heteroatoms. The second kappa shape index (κ2) is 3.81. The largest absolute Gasteiger partial charge is 0.393 e. The van der Waals surface area contributed by atoms with E-state index in [0.29, 0.717) is 11.5 Å². The molecule has 0 saturated heterocycles. The highest BCUT2D eigenvalue weighted by Gasteiger charge is 2.61. The molecule has 0 aromatic heterocycles. The van der Waals surface area contributed by atoms with E-state index in [9.17, 15) is 5.11 Å². The zero-order valence-corrected chi connectivity index (χ0v) is 11.4. The van der Waals surface area contributed by atoms with Crippen molar-refractivity contribution in [3.05, 3.63) is 12.2 Å². The molecule has 2 rings (SSSR count). The number of rotatable bonds is 1. The number of aliphatic hydroxyl groups is 1. The van der Waals surface area contributed by atoms with E-state index in [1.54, 1.807) is 0 Å². The summed E-state index contributed by atoms with van der Waals surface area (Å²) in [7, 11) is 0. The molecule has 1 N–H and O–H groups in total. The molecule has 0 unspecified atom stereocenters. The van der Waals surface area contributed by atoms with E-state index in [1.807, 2.05) is 6.92 Å². The van der Waals surface area contributed by atoms with Crippen molar-refractivity contribution in [2.75, 3.05) is 6.61 Å². The zero-order chi connectivity index (χ0) is 12.9. The first-order valence-corrected chi connectivity index (χ1v) is 6.76. The first-order valence-electron chi connectivity index (χ1n) is 6.76. The van der Waals surface area contributed by atoms with Gasteiger partial charge in [0.25, 0.3) is 0 Å². The Balaban J connectivity index is 2.46. The van der Waals surface area contributed by atoms with E-state index in [4.69, 9.17) is 0 Å². The lowest BCUT2D eigenvalue weighted by atomic mass is 9.46. The Morgan fingerprint density at radius 1 is 1.35 bits per heavy atom. The van der Waals surface area contributed by atoms with Gasteiger partial charge in [0, 0.05) is 5.41 Å². The highest BCUT2D eigenvalue weighted by atomic mass is 19.1. The molecule has 2 aliphatic carbocycles. The number of halogens is 1. The van der Waals surface area contributed by atoms with Crippen molar-refractivity contribution in [3.63, 3.8) is 0 Å². The number of aliphatic hydroxyl groups excluding tert-OH is 1. The number of fused-ring (bicyclic) bond motifs is 1. The molecule has 2 aliphatic rings. The van der Waals surface area contributed by atoms with Gasteiger partial charge in [0.2, 0.25) is 0 Å². The molecular formula is C15H25FO. The van der Waals surface area contributed by atoms with Crippen LogP contribution in [0.1, 0.15) is 52.9 Å². The van der Waals surface area contributed by atoms with Crippen LogP contribution < -0.4 is 0 Å². The van der Waals surface area contributed by atoms with Gasteiger partial charge in [0.1, 0.15) is 0 Å². The first-order chi connectivity index (χ1) is 7.78. The van der Waals surface area contributed by atoms with E-state index in [0.717, 1.165) is 25.7 Å². The average Bonchev–Trinajstić information content (AvgIpc) is 2.24. The van der Waals surface area contributed by atoms with Crippen LogP contribution in [0.3, 0.4) is 0 Å². The molecule has 0 aromatic rings. The van der Waals surface area contributed by atoms with Gasteiger partial charge in [-0.25, -0.2) is 4.39 Å². The molecule has 0 amide bonds. The second-order valence-electron chi connectivity index (χ2n) is 6.91. The quantitative estimate of drug-likeness (QED) is 0.690. The van der Waals surface area contributed by atoms with Gasteiger partial charge in [0.15, 0.2) is 5.67 Å². The minimum absolute atomic E-state index is 0.181. The lowest BCUT2D eigenvalue weighted by Crippen LogP contribution is -2.59. The van der Waals surface area contributed by atoms with E-state index in [-0.39, 0.29) is 5.41 Å². The minimum Gasteiger partial charge on any atom is -0.393 e. The fraction of sp³-hybridized carbons (Fsp3) is 0.867. The molecule has 3 atom stereocenters. The topological polar surface area (TPSA) is 20.2 Å². The predicted molar refractivity (Wildman–Crippen MR) is 68.5 cm³/mol. The van der Waals surface area contributed by atoms with Crippen molar-refractivity contribution in [2.45, 2.75) is 58.5 Å². The Bertz CT molecular complexity index is 336. The molecule has 0 heterocycles. The predicted octanol–water partition coefficient (Wildman–Crippen LogP) is 3.87. The van der Waals surface area contributed by atoms with Gasteiger partial charge in [-0.1, -0.05) is 33.8 Å². The fourth-order valence-electron chi connectivity index (χ4n) is 4.52. The average molecular weight is 240 g/mol.